The van der Waals surface area contributed by atoms with Gasteiger partial charge in [0.15, 0.2) is 0 Å². The fourth-order valence-electron chi connectivity index (χ4n) is 0.526. The molecule has 13 heavy (non-hydrogen) atoms. The van der Waals surface area contributed by atoms with Crippen LogP contribution < -0.4 is 5.73 Å². The molecule has 0 aliphatic carbocycles. The summed E-state index contributed by atoms with van der Waals surface area (Å²) in [6, 6.07) is 0. The molecule has 0 aromatic heterocycles. The maximum absolute atomic E-state index is 5.28. The highest BCUT2D eigenvalue weighted by molar-refractivity contribution is 4.44. The van der Waals surface area contributed by atoms with Gasteiger partial charge in [-0.15, -0.1) is 0 Å². The minimum absolute atomic E-state index is 0.823. The number of hydrogen-bond donors (Lipinski definition) is 1. The van der Waals surface area contributed by atoms with E-state index in [0.717, 1.165) is 12.5 Å². The fraction of sp³-hybridized carbons (Fsp3) is 1.00. The third-order valence-electron chi connectivity index (χ3n) is 0.986. The van der Waals surface area contributed by atoms with Crippen molar-refractivity contribution < 1.29 is 0 Å². The summed E-state index contributed by atoms with van der Waals surface area (Å²) >= 11 is 0. The first-order valence-corrected chi connectivity index (χ1v) is 5.80. The van der Waals surface area contributed by atoms with Crippen molar-refractivity contribution in [2.75, 3.05) is 6.54 Å². The van der Waals surface area contributed by atoms with Gasteiger partial charge in [-0.2, -0.15) is 0 Å². The average molecular weight is 189 g/mol. The van der Waals surface area contributed by atoms with Gasteiger partial charge in [0, 0.05) is 0 Å². The first-order chi connectivity index (χ1) is 6.10. The Morgan fingerprint density at radius 3 is 1.31 bits per heavy atom. The van der Waals surface area contributed by atoms with Crippen LogP contribution in [-0.4, -0.2) is 6.54 Å². The Labute approximate surface area is 86.1 Å². The lowest BCUT2D eigenvalue weighted by atomic mass is 10.1. The third kappa shape index (κ3) is 75.7. The van der Waals surface area contributed by atoms with Crippen molar-refractivity contribution in [1.82, 2.24) is 0 Å². The summed E-state index contributed by atoms with van der Waals surface area (Å²) < 4.78 is 0. The predicted molar refractivity (Wildman–Crippen MR) is 65.1 cm³/mol. The molecule has 0 saturated carbocycles. The monoisotopic (exact) mass is 189 g/mol. The van der Waals surface area contributed by atoms with Crippen molar-refractivity contribution in [2.45, 2.75) is 67.2 Å². The number of rotatable bonds is 3. The second-order valence-electron chi connectivity index (χ2n) is 3.74. The van der Waals surface area contributed by atoms with E-state index in [-0.39, 0.29) is 0 Å². The first-order valence-electron chi connectivity index (χ1n) is 5.80. The lowest BCUT2D eigenvalue weighted by molar-refractivity contribution is 0.561. The van der Waals surface area contributed by atoms with Crippen LogP contribution in [0.5, 0.6) is 0 Å². The summed E-state index contributed by atoms with van der Waals surface area (Å²) in [5.74, 6) is 0.823. The normalized spacial score (nSPS) is 8.31. The van der Waals surface area contributed by atoms with E-state index in [1.807, 2.05) is 0 Å². The molecule has 0 aromatic carbocycles. The highest BCUT2D eigenvalue weighted by Crippen LogP contribution is 2.00. The fourth-order valence-corrected chi connectivity index (χ4v) is 0.526. The molecule has 0 fully saturated rings. The Hall–Kier alpha value is -0.0400. The molecule has 1 heteroatoms. The zero-order valence-electron chi connectivity index (χ0n) is 10.7. The van der Waals surface area contributed by atoms with Crippen LogP contribution >= 0.6 is 0 Å². The van der Waals surface area contributed by atoms with E-state index in [1.165, 1.54) is 25.7 Å². The molecular formula is C12H31N. The maximum Gasteiger partial charge on any atom is -0.00772 e. The summed E-state index contributed by atoms with van der Waals surface area (Å²) in [5, 5.41) is 0. The van der Waals surface area contributed by atoms with Crippen molar-refractivity contribution in [2.24, 2.45) is 11.7 Å². The second kappa shape index (κ2) is 22.7. The summed E-state index contributed by atoms with van der Waals surface area (Å²) in [6.45, 7) is 13.8. The van der Waals surface area contributed by atoms with Gasteiger partial charge in [-0.05, 0) is 25.3 Å². The van der Waals surface area contributed by atoms with Gasteiger partial charge in [0.1, 0.15) is 0 Å². The molecule has 0 heterocycles. The van der Waals surface area contributed by atoms with Crippen LogP contribution in [0.15, 0.2) is 0 Å². The van der Waals surface area contributed by atoms with Crippen LogP contribution in [0.25, 0.3) is 0 Å². The van der Waals surface area contributed by atoms with E-state index in [9.17, 15) is 0 Å². The van der Waals surface area contributed by atoms with Gasteiger partial charge >= 0.3 is 0 Å². The van der Waals surface area contributed by atoms with Crippen molar-refractivity contribution >= 4 is 0 Å². The highest BCUT2D eigenvalue weighted by atomic mass is 14.5. The van der Waals surface area contributed by atoms with Gasteiger partial charge in [-0.3, -0.25) is 0 Å². The van der Waals surface area contributed by atoms with Crippen LogP contribution in [0, 0.1) is 5.92 Å². The molecule has 0 radical (unpaired) electrons. The SMILES string of the molecule is CC(C)CCCN.CCC.CCC. The lowest BCUT2D eigenvalue weighted by Gasteiger charge is -1.98. The number of hydrogen-bond acceptors (Lipinski definition) is 1. The Morgan fingerprint density at radius 1 is 0.923 bits per heavy atom. The molecule has 0 rings (SSSR count). The van der Waals surface area contributed by atoms with Crippen molar-refractivity contribution in [3.05, 3.63) is 0 Å². The molecule has 0 amide bonds. The lowest BCUT2D eigenvalue weighted by Crippen LogP contribution is -1.99. The summed E-state index contributed by atoms with van der Waals surface area (Å²) in [4.78, 5) is 0. The topological polar surface area (TPSA) is 26.0 Å². The van der Waals surface area contributed by atoms with E-state index in [0.29, 0.717) is 0 Å². The molecular weight excluding hydrogens is 158 g/mol. The van der Waals surface area contributed by atoms with Crippen molar-refractivity contribution in [3.63, 3.8) is 0 Å². The van der Waals surface area contributed by atoms with Crippen LogP contribution in [0.1, 0.15) is 67.2 Å². The van der Waals surface area contributed by atoms with E-state index < -0.39 is 0 Å². The number of nitrogens with two attached hydrogens (primary N) is 1. The average Bonchev–Trinajstić information content (AvgIpc) is 2.04. The first kappa shape index (κ1) is 18.7. The minimum atomic E-state index is 0.823. The van der Waals surface area contributed by atoms with Gasteiger partial charge < -0.3 is 5.73 Å². The van der Waals surface area contributed by atoms with Crippen molar-refractivity contribution in [3.8, 4) is 0 Å². The predicted octanol–water partition coefficient (Wildman–Crippen LogP) is 4.21. The van der Waals surface area contributed by atoms with Gasteiger partial charge in [-0.25, -0.2) is 0 Å². The molecule has 0 saturated heterocycles. The molecule has 0 aliphatic rings. The molecule has 1 nitrogen and oxygen atoms in total. The molecule has 0 spiro atoms. The second-order valence-corrected chi connectivity index (χ2v) is 3.74. The van der Waals surface area contributed by atoms with Gasteiger partial charge in [-0.1, -0.05) is 54.4 Å². The van der Waals surface area contributed by atoms with E-state index in [4.69, 9.17) is 5.73 Å². The Morgan fingerprint density at radius 2 is 1.23 bits per heavy atom. The van der Waals surface area contributed by atoms with E-state index in [1.54, 1.807) is 0 Å². The zero-order chi connectivity index (χ0) is 11.1. The van der Waals surface area contributed by atoms with Gasteiger partial charge in [0.05, 0.1) is 0 Å². The molecule has 0 bridgehead atoms. The zero-order valence-corrected chi connectivity index (χ0v) is 10.7. The minimum Gasteiger partial charge on any atom is -0.330 e. The van der Waals surface area contributed by atoms with Crippen LogP contribution in [0.4, 0.5) is 0 Å². The van der Waals surface area contributed by atoms with Crippen LogP contribution in [0.2, 0.25) is 0 Å². The molecule has 0 unspecified atom stereocenters. The molecule has 0 atom stereocenters. The van der Waals surface area contributed by atoms with Gasteiger partial charge in [0.25, 0.3) is 0 Å². The largest absolute Gasteiger partial charge is 0.330 e. The molecule has 84 valence electrons. The van der Waals surface area contributed by atoms with Crippen LogP contribution in [0.3, 0.4) is 0 Å². The Kier molecular flexibility index (Phi) is 32.6. The molecule has 0 aliphatic heterocycles. The van der Waals surface area contributed by atoms with Gasteiger partial charge in [0.2, 0.25) is 0 Å². The molecule has 0 aromatic rings. The quantitative estimate of drug-likeness (QED) is 0.707. The Balaban J connectivity index is -0.000000140. The third-order valence-corrected chi connectivity index (χ3v) is 0.986. The standard InChI is InChI=1S/C6H15N.2C3H8/c1-6(2)4-3-5-7;2*1-3-2/h6H,3-5,7H2,1-2H3;2*3H2,1-2H3. The Bertz CT molecular complexity index is 49.1. The summed E-state index contributed by atoms with van der Waals surface area (Å²) in [7, 11) is 0. The van der Waals surface area contributed by atoms with E-state index >= 15 is 0 Å². The van der Waals surface area contributed by atoms with E-state index in [2.05, 4.69) is 41.5 Å². The smallest absolute Gasteiger partial charge is 0.00772 e. The highest BCUT2D eigenvalue weighted by Gasteiger charge is 1.88. The van der Waals surface area contributed by atoms with Crippen LogP contribution in [-0.2, 0) is 0 Å². The van der Waals surface area contributed by atoms with Crippen molar-refractivity contribution in [1.29, 1.82) is 0 Å². The molecule has 2 N–H and O–H groups in total. The summed E-state index contributed by atoms with van der Waals surface area (Å²) in [6.07, 6.45) is 4.95. The maximum atomic E-state index is 5.28. The summed E-state index contributed by atoms with van der Waals surface area (Å²) in [5.41, 5.74) is 5.28.